The first-order valence-electron chi connectivity index (χ1n) is 4.97. The fourth-order valence-electron chi connectivity index (χ4n) is 0.735. The first kappa shape index (κ1) is 13.0. The summed E-state index contributed by atoms with van der Waals surface area (Å²) in [5.74, 6) is -0.367. The van der Waals surface area contributed by atoms with Crippen LogP contribution >= 0.6 is 0 Å². The Hall–Kier alpha value is -0.990. The van der Waals surface area contributed by atoms with Gasteiger partial charge >= 0.3 is 5.97 Å². The molecule has 3 heteroatoms. The molecular weight excluding hydrogens is 180 g/mol. The normalized spacial score (nSPS) is 11.7. The van der Waals surface area contributed by atoms with Gasteiger partial charge < -0.3 is 9.47 Å². The molecule has 0 saturated carbocycles. The van der Waals surface area contributed by atoms with Gasteiger partial charge in [-0.15, -0.1) is 0 Å². The van der Waals surface area contributed by atoms with Crippen molar-refractivity contribution >= 4 is 5.97 Å². The molecule has 3 nitrogen and oxygen atoms in total. The number of carbonyl (C=O) groups excluding carboxylic acids is 1. The second-order valence-corrected chi connectivity index (χ2v) is 4.06. The fraction of sp³-hybridized carbons (Fsp3) is 0.727. The van der Waals surface area contributed by atoms with E-state index in [1.165, 1.54) is 12.3 Å². The van der Waals surface area contributed by atoms with Gasteiger partial charge in [0.25, 0.3) is 0 Å². The van der Waals surface area contributed by atoms with E-state index in [2.05, 4.69) is 6.92 Å². The second kappa shape index (κ2) is 6.46. The van der Waals surface area contributed by atoms with Gasteiger partial charge in [0.2, 0.25) is 0 Å². The molecule has 0 amide bonds. The van der Waals surface area contributed by atoms with E-state index in [1.54, 1.807) is 0 Å². The molecule has 0 aliphatic rings. The number of hydrogen-bond acceptors (Lipinski definition) is 3. The molecule has 0 atom stereocenters. The number of hydrogen-bond donors (Lipinski definition) is 0. The first-order chi connectivity index (χ1) is 6.45. The fourth-order valence-corrected chi connectivity index (χ4v) is 0.735. The molecule has 0 N–H and O–H groups in total. The lowest BCUT2D eigenvalue weighted by atomic mass is 10.2. The van der Waals surface area contributed by atoms with Gasteiger partial charge in [-0.3, -0.25) is 0 Å². The molecule has 0 unspecified atom stereocenters. The van der Waals surface area contributed by atoms with Crippen LogP contribution in [0.15, 0.2) is 12.3 Å². The average molecular weight is 200 g/mol. The predicted octanol–water partition coefficient (Wildman–Crippen LogP) is 2.66. The summed E-state index contributed by atoms with van der Waals surface area (Å²) in [5, 5.41) is 0. The molecule has 0 aliphatic heterocycles. The maximum atomic E-state index is 11.1. The second-order valence-electron chi connectivity index (χ2n) is 4.06. The summed E-state index contributed by atoms with van der Waals surface area (Å²) in [6, 6.07) is 0. The Morgan fingerprint density at radius 3 is 2.50 bits per heavy atom. The predicted molar refractivity (Wildman–Crippen MR) is 55.8 cm³/mol. The van der Waals surface area contributed by atoms with Crippen LogP contribution in [0.4, 0.5) is 0 Å². The molecule has 0 aromatic carbocycles. The van der Waals surface area contributed by atoms with Crippen molar-refractivity contribution in [3.05, 3.63) is 12.3 Å². The van der Waals surface area contributed by atoms with Gasteiger partial charge in [0.15, 0.2) is 0 Å². The SMILES string of the molecule is CCCCOC=CC(=O)OC(C)(C)C. The van der Waals surface area contributed by atoms with Crippen molar-refractivity contribution in [1.29, 1.82) is 0 Å². The Labute approximate surface area is 86.1 Å². The topological polar surface area (TPSA) is 35.5 Å². The summed E-state index contributed by atoms with van der Waals surface area (Å²) in [6.07, 6.45) is 4.78. The zero-order chi connectivity index (χ0) is 11.0. The van der Waals surface area contributed by atoms with Gasteiger partial charge in [0, 0.05) is 0 Å². The molecule has 0 fully saturated rings. The molecule has 0 heterocycles. The average Bonchev–Trinajstić information content (AvgIpc) is 2.00. The van der Waals surface area contributed by atoms with Crippen molar-refractivity contribution in [2.75, 3.05) is 6.61 Å². The highest BCUT2D eigenvalue weighted by atomic mass is 16.6. The van der Waals surface area contributed by atoms with E-state index < -0.39 is 5.60 Å². The highest BCUT2D eigenvalue weighted by Crippen LogP contribution is 2.06. The van der Waals surface area contributed by atoms with E-state index in [1.807, 2.05) is 20.8 Å². The number of ether oxygens (including phenoxy) is 2. The molecule has 0 spiro atoms. The van der Waals surface area contributed by atoms with Crippen LogP contribution in [0, 0.1) is 0 Å². The Bertz CT molecular complexity index is 189. The minimum absolute atomic E-state index is 0.367. The Balaban J connectivity index is 3.61. The van der Waals surface area contributed by atoms with Crippen molar-refractivity contribution in [2.45, 2.75) is 46.1 Å². The highest BCUT2D eigenvalue weighted by molar-refractivity contribution is 5.81. The van der Waals surface area contributed by atoms with Gasteiger partial charge in [0.05, 0.1) is 18.9 Å². The quantitative estimate of drug-likeness (QED) is 0.296. The van der Waals surface area contributed by atoms with Crippen LogP contribution in [0.2, 0.25) is 0 Å². The summed E-state index contributed by atoms with van der Waals surface area (Å²) in [6.45, 7) is 8.22. The van der Waals surface area contributed by atoms with Gasteiger partial charge in [-0.2, -0.15) is 0 Å². The van der Waals surface area contributed by atoms with Gasteiger partial charge in [0.1, 0.15) is 5.60 Å². The van der Waals surface area contributed by atoms with E-state index in [0.29, 0.717) is 6.61 Å². The number of carbonyl (C=O) groups is 1. The summed E-state index contributed by atoms with van der Waals surface area (Å²) in [5.41, 5.74) is -0.440. The lowest BCUT2D eigenvalue weighted by molar-refractivity contribution is -0.148. The lowest BCUT2D eigenvalue weighted by Crippen LogP contribution is -2.22. The van der Waals surface area contributed by atoms with E-state index in [9.17, 15) is 4.79 Å². The molecule has 0 saturated heterocycles. The Morgan fingerprint density at radius 2 is 2.00 bits per heavy atom. The molecular formula is C11H20O3. The molecule has 0 aliphatic carbocycles. The third kappa shape index (κ3) is 9.10. The van der Waals surface area contributed by atoms with E-state index in [-0.39, 0.29) is 5.97 Å². The zero-order valence-electron chi connectivity index (χ0n) is 9.50. The van der Waals surface area contributed by atoms with Crippen LogP contribution in [0.5, 0.6) is 0 Å². The smallest absolute Gasteiger partial charge is 0.334 e. The number of esters is 1. The number of rotatable bonds is 5. The van der Waals surface area contributed by atoms with Crippen LogP contribution in [0.25, 0.3) is 0 Å². The van der Waals surface area contributed by atoms with Crippen molar-refractivity contribution in [3.63, 3.8) is 0 Å². The summed E-state index contributed by atoms with van der Waals surface area (Å²) in [4.78, 5) is 11.1. The minimum Gasteiger partial charge on any atom is -0.501 e. The maximum absolute atomic E-state index is 11.1. The molecule has 0 bridgehead atoms. The van der Waals surface area contributed by atoms with Crippen molar-refractivity contribution < 1.29 is 14.3 Å². The molecule has 14 heavy (non-hydrogen) atoms. The van der Waals surface area contributed by atoms with Crippen molar-refractivity contribution in [1.82, 2.24) is 0 Å². The standard InChI is InChI=1S/C11H20O3/c1-5-6-8-13-9-7-10(12)14-11(2,3)4/h7,9H,5-6,8H2,1-4H3. The van der Waals surface area contributed by atoms with Gasteiger partial charge in [-0.1, -0.05) is 13.3 Å². The van der Waals surface area contributed by atoms with Crippen LogP contribution in [0.1, 0.15) is 40.5 Å². The largest absolute Gasteiger partial charge is 0.501 e. The maximum Gasteiger partial charge on any atom is 0.334 e. The van der Waals surface area contributed by atoms with E-state index in [4.69, 9.17) is 9.47 Å². The van der Waals surface area contributed by atoms with Gasteiger partial charge in [-0.25, -0.2) is 4.79 Å². The molecule has 0 rings (SSSR count). The number of unbranched alkanes of at least 4 members (excludes halogenated alkanes) is 1. The minimum atomic E-state index is -0.440. The highest BCUT2D eigenvalue weighted by Gasteiger charge is 2.13. The van der Waals surface area contributed by atoms with Gasteiger partial charge in [-0.05, 0) is 27.2 Å². The Morgan fingerprint density at radius 1 is 1.36 bits per heavy atom. The van der Waals surface area contributed by atoms with Crippen LogP contribution < -0.4 is 0 Å². The van der Waals surface area contributed by atoms with Crippen LogP contribution in [-0.4, -0.2) is 18.2 Å². The molecule has 0 radical (unpaired) electrons. The summed E-state index contributed by atoms with van der Waals surface area (Å²) < 4.78 is 10.1. The summed E-state index contributed by atoms with van der Waals surface area (Å²) in [7, 11) is 0. The molecule has 0 aromatic rings. The monoisotopic (exact) mass is 200 g/mol. The van der Waals surface area contributed by atoms with Crippen LogP contribution in [0.3, 0.4) is 0 Å². The third-order valence-corrected chi connectivity index (χ3v) is 1.32. The third-order valence-electron chi connectivity index (χ3n) is 1.32. The summed E-state index contributed by atoms with van der Waals surface area (Å²) >= 11 is 0. The lowest BCUT2D eigenvalue weighted by Gasteiger charge is -2.17. The first-order valence-corrected chi connectivity index (χ1v) is 4.97. The van der Waals surface area contributed by atoms with Crippen molar-refractivity contribution in [2.24, 2.45) is 0 Å². The molecule has 82 valence electrons. The zero-order valence-corrected chi connectivity index (χ0v) is 9.50. The van der Waals surface area contributed by atoms with E-state index in [0.717, 1.165) is 12.8 Å². The molecule has 0 aromatic heterocycles. The Kier molecular flexibility index (Phi) is 6.00. The van der Waals surface area contributed by atoms with Crippen molar-refractivity contribution in [3.8, 4) is 0 Å². The van der Waals surface area contributed by atoms with E-state index >= 15 is 0 Å². The van der Waals surface area contributed by atoms with Crippen LogP contribution in [-0.2, 0) is 14.3 Å².